The number of carbonyl (C=O) groups is 3. The lowest BCUT2D eigenvalue weighted by Gasteiger charge is -2.18. The number of furan rings is 1. The fourth-order valence-electron chi connectivity index (χ4n) is 2.42. The van der Waals surface area contributed by atoms with Crippen LogP contribution in [0.5, 0.6) is 0 Å². The number of thioether (sulfide) groups is 1. The van der Waals surface area contributed by atoms with Gasteiger partial charge >= 0.3 is 5.97 Å². The molecule has 2 amide bonds. The molecule has 1 aliphatic heterocycles. The topological polar surface area (TPSA) is 76.8 Å². The van der Waals surface area contributed by atoms with Gasteiger partial charge in [0.05, 0.1) is 12.0 Å². The monoisotopic (exact) mass is 391 g/mol. The molecule has 8 heteroatoms. The van der Waals surface area contributed by atoms with Crippen molar-refractivity contribution in [1.82, 2.24) is 4.90 Å². The van der Waals surface area contributed by atoms with Crippen molar-refractivity contribution < 1.29 is 23.5 Å². The second-order valence-electron chi connectivity index (χ2n) is 5.46. The van der Waals surface area contributed by atoms with Crippen molar-refractivity contribution in [2.45, 2.75) is 13.0 Å². The predicted octanol–water partition coefficient (Wildman–Crippen LogP) is 4.20. The molecule has 0 N–H and O–H groups in total. The third kappa shape index (κ3) is 3.54. The van der Waals surface area contributed by atoms with Crippen molar-refractivity contribution >= 4 is 46.6 Å². The van der Waals surface area contributed by atoms with Gasteiger partial charge in [-0.25, -0.2) is 4.79 Å². The molecule has 1 atom stereocenters. The Bertz CT molecular complexity index is 903. The van der Waals surface area contributed by atoms with Gasteiger partial charge < -0.3 is 9.15 Å². The van der Waals surface area contributed by atoms with Crippen LogP contribution in [0.1, 0.15) is 12.7 Å². The maximum absolute atomic E-state index is 12.4. The summed E-state index contributed by atoms with van der Waals surface area (Å²) >= 11 is 6.62. The van der Waals surface area contributed by atoms with E-state index in [1.165, 1.54) is 20.1 Å². The van der Waals surface area contributed by atoms with Gasteiger partial charge in [0, 0.05) is 16.7 Å². The zero-order valence-electron chi connectivity index (χ0n) is 13.9. The summed E-state index contributed by atoms with van der Waals surface area (Å²) in [5.41, 5.74) is 0.835. The van der Waals surface area contributed by atoms with Gasteiger partial charge in [-0.05, 0) is 55.1 Å². The molecule has 0 aliphatic carbocycles. The number of imide groups is 1. The number of ether oxygens (including phenoxy) is 1. The van der Waals surface area contributed by atoms with Crippen LogP contribution in [-0.2, 0) is 14.3 Å². The summed E-state index contributed by atoms with van der Waals surface area (Å²) in [5.74, 6) is -0.180. The Labute approximate surface area is 158 Å². The van der Waals surface area contributed by atoms with Crippen molar-refractivity contribution in [3.05, 3.63) is 52.1 Å². The normalized spacial score (nSPS) is 17.0. The Morgan fingerprint density at radius 2 is 1.92 bits per heavy atom. The van der Waals surface area contributed by atoms with Crippen molar-refractivity contribution in [2.75, 3.05) is 7.11 Å². The molecule has 1 saturated heterocycles. The van der Waals surface area contributed by atoms with Gasteiger partial charge in [0.2, 0.25) is 0 Å². The predicted molar refractivity (Wildman–Crippen MR) is 98.4 cm³/mol. The SMILES string of the molecule is COC(=O)C(C)N1C(=O)S/C(=C/c2ccc(-c3ccc(Cl)cc3)o2)C1=O. The first-order valence-corrected chi connectivity index (χ1v) is 8.81. The molecule has 0 bridgehead atoms. The first kappa shape index (κ1) is 18.3. The van der Waals surface area contributed by atoms with E-state index >= 15 is 0 Å². The fourth-order valence-corrected chi connectivity index (χ4v) is 3.43. The molecular formula is C18H14ClNO5S. The highest BCUT2D eigenvalue weighted by molar-refractivity contribution is 8.18. The average molecular weight is 392 g/mol. The van der Waals surface area contributed by atoms with E-state index in [9.17, 15) is 14.4 Å². The quantitative estimate of drug-likeness (QED) is 0.574. The minimum absolute atomic E-state index is 0.183. The molecule has 1 aromatic heterocycles. The number of amides is 2. The van der Waals surface area contributed by atoms with Crippen LogP contribution in [0.15, 0.2) is 45.7 Å². The molecule has 134 valence electrons. The molecule has 2 heterocycles. The number of methoxy groups -OCH3 is 1. The minimum Gasteiger partial charge on any atom is -0.467 e. The Morgan fingerprint density at radius 3 is 2.58 bits per heavy atom. The van der Waals surface area contributed by atoms with Crippen LogP contribution >= 0.6 is 23.4 Å². The van der Waals surface area contributed by atoms with E-state index in [1.54, 1.807) is 24.3 Å². The fraction of sp³-hybridized carbons (Fsp3) is 0.167. The number of hydrogen-bond acceptors (Lipinski definition) is 6. The summed E-state index contributed by atoms with van der Waals surface area (Å²) in [4.78, 5) is 37.2. The number of rotatable bonds is 4. The molecule has 6 nitrogen and oxygen atoms in total. The molecule has 1 fully saturated rings. The second kappa shape index (κ2) is 7.39. The molecule has 1 unspecified atom stereocenters. The van der Waals surface area contributed by atoms with Gasteiger partial charge in [-0.1, -0.05) is 11.6 Å². The minimum atomic E-state index is -0.986. The van der Waals surface area contributed by atoms with Gasteiger partial charge in [0.25, 0.3) is 11.1 Å². The number of hydrogen-bond donors (Lipinski definition) is 0. The average Bonchev–Trinajstić information content (AvgIpc) is 3.19. The molecule has 0 saturated carbocycles. The van der Waals surface area contributed by atoms with Gasteiger partial charge in [-0.3, -0.25) is 14.5 Å². The highest BCUT2D eigenvalue weighted by Crippen LogP contribution is 2.34. The first-order chi connectivity index (χ1) is 12.4. The van der Waals surface area contributed by atoms with Crippen LogP contribution in [0, 0.1) is 0 Å². The molecule has 26 heavy (non-hydrogen) atoms. The molecule has 1 aliphatic rings. The third-order valence-electron chi connectivity index (χ3n) is 3.78. The summed E-state index contributed by atoms with van der Waals surface area (Å²) in [6, 6.07) is 9.60. The summed E-state index contributed by atoms with van der Waals surface area (Å²) in [7, 11) is 1.20. The summed E-state index contributed by atoms with van der Waals surface area (Å²) in [5, 5.41) is 0.0950. The van der Waals surface area contributed by atoms with Gasteiger partial charge in [0.15, 0.2) is 0 Å². The Hall–Kier alpha value is -2.51. The zero-order chi connectivity index (χ0) is 18.8. The van der Waals surface area contributed by atoms with E-state index < -0.39 is 23.2 Å². The van der Waals surface area contributed by atoms with E-state index in [0.29, 0.717) is 16.5 Å². The Morgan fingerprint density at radius 1 is 1.23 bits per heavy atom. The zero-order valence-corrected chi connectivity index (χ0v) is 15.5. The maximum atomic E-state index is 12.4. The molecule has 0 radical (unpaired) electrons. The van der Waals surface area contributed by atoms with Gasteiger partial charge in [-0.2, -0.15) is 0 Å². The highest BCUT2D eigenvalue weighted by Gasteiger charge is 2.41. The van der Waals surface area contributed by atoms with Crippen molar-refractivity contribution in [1.29, 1.82) is 0 Å². The van der Waals surface area contributed by atoms with Crippen LogP contribution < -0.4 is 0 Å². The van der Waals surface area contributed by atoms with Crippen LogP contribution in [-0.4, -0.2) is 35.2 Å². The molecule has 2 aromatic rings. The van der Waals surface area contributed by atoms with Gasteiger partial charge in [0.1, 0.15) is 17.6 Å². The summed E-state index contributed by atoms with van der Waals surface area (Å²) in [6.07, 6.45) is 1.48. The molecular weight excluding hydrogens is 378 g/mol. The number of benzene rings is 1. The van der Waals surface area contributed by atoms with Crippen molar-refractivity contribution in [2.24, 2.45) is 0 Å². The summed E-state index contributed by atoms with van der Waals surface area (Å²) < 4.78 is 10.3. The lowest BCUT2D eigenvalue weighted by Crippen LogP contribution is -2.42. The van der Waals surface area contributed by atoms with E-state index in [2.05, 4.69) is 4.74 Å². The molecule has 0 spiro atoms. The van der Waals surface area contributed by atoms with Crippen LogP contribution in [0.25, 0.3) is 17.4 Å². The molecule has 3 rings (SSSR count). The number of nitrogens with zero attached hydrogens (tertiary/aromatic N) is 1. The lowest BCUT2D eigenvalue weighted by atomic mass is 10.2. The van der Waals surface area contributed by atoms with Gasteiger partial charge in [-0.15, -0.1) is 0 Å². The molecule has 1 aromatic carbocycles. The van der Waals surface area contributed by atoms with E-state index in [4.69, 9.17) is 16.0 Å². The standard InChI is InChI=1S/C18H14ClNO5S/c1-10(17(22)24-2)20-16(21)15(26-18(20)23)9-13-7-8-14(25-13)11-3-5-12(19)6-4-11/h3-10H,1-2H3/b15-9+. The first-order valence-electron chi connectivity index (χ1n) is 7.61. The van der Waals surface area contributed by atoms with Crippen LogP contribution in [0.3, 0.4) is 0 Å². The van der Waals surface area contributed by atoms with Crippen molar-refractivity contribution in [3.63, 3.8) is 0 Å². The number of carbonyl (C=O) groups excluding carboxylic acids is 3. The van der Waals surface area contributed by atoms with E-state index in [0.717, 1.165) is 22.2 Å². The maximum Gasteiger partial charge on any atom is 0.328 e. The van der Waals surface area contributed by atoms with Crippen molar-refractivity contribution in [3.8, 4) is 11.3 Å². The van der Waals surface area contributed by atoms with Crippen LogP contribution in [0.2, 0.25) is 5.02 Å². The number of halogens is 1. The smallest absolute Gasteiger partial charge is 0.328 e. The number of esters is 1. The van der Waals surface area contributed by atoms with Crippen LogP contribution in [0.4, 0.5) is 4.79 Å². The van der Waals surface area contributed by atoms with E-state index in [-0.39, 0.29) is 4.91 Å². The largest absolute Gasteiger partial charge is 0.467 e. The second-order valence-corrected chi connectivity index (χ2v) is 6.89. The lowest BCUT2D eigenvalue weighted by molar-refractivity contribution is -0.148. The third-order valence-corrected chi connectivity index (χ3v) is 4.92. The van der Waals surface area contributed by atoms with E-state index in [1.807, 2.05) is 12.1 Å². The summed E-state index contributed by atoms with van der Waals surface area (Å²) in [6.45, 7) is 1.44. The Balaban J connectivity index is 1.83. The Kier molecular flexibility index (Phi) is 5.20. The highest BCUT2D eigenvalue weighted by atomic mass is 35.5.